The first kappa shape index (κ1) is 9.13. The summed E-state index contributed by atoms with van der Waals surface area (Å²) in [7, 11) is 3.52. The lowest BCUT2D eigenvalue weighted by Crippen LogP contribution is -2.62. The highest BCUT2D eigenvalue weighted by atomic mass is 16.8. The molecule has 3 nitrogen and oxygen atoms in total. The molecule has 0 amide bonds. The van der Waals surface area contributed by atoms with Gasteiger partial charge in [0.2, 0.25) is 0 Å². The average molecular weight is 198 g/mol. The van der Waals surface area contributed by atoms with E-state index in [1.54, 1.807) is 14.2 Å². The zero-order valence-corrected chi connectivity index (χ0v) is 8.91. The fourth-order valence-corrected chi connectivity index (χ4v) is 3.80. The van der Waals surface area contributed by atoms with E-state index in [0.717, 1.165) is 37.5 Å². The van der Waals surface area contributed by atoms with E-state index in [0.29, 0.717) is 0 Å². The molecule has 14 heavy (non-hydrogen) atoms. The summed E-state index contributed by atoms with van der Waals surface area (Å²) in [4.78, 5) is 0. The molecule has 80 valence electrons. The minimum Gasteiger partial charge on any atom is -0.353 e. The second-order valence-corrected chi connectivity index (χ2v) is 5.12. The Bertz CT molecular complexity index is 215. The molecule has 0 radical (unpaired) electrons. The third-order valence-electron chi connectivity index (χ3n) is 4.18. The van der Waals surface area contributed by atoms with Gasteiger partial charge < -0.3 is 14.2 Å². The summed E-state index contributed by atoms with van der Waals surface area (Å²) in [6.07, 6.45) is 5.59. The maximum absolute atomic E-state index is 6.05. The van der Waals surface area contributed by atoms with Gasteiger partial charge in [0.15, 0.2) is 11.6 Å². The Morgan fingerprint density at radius 2 is 1.36 bits per heavy atom. The quantitative estimate of drug-likeness (QED) is 0.678. The first-order valence-electron chi connectivity index (χ1n) is 5.50. The maximum Gasteiger partial charge on any atom is 0.171 e. The van der Waals surface area contributed by atoms with Gasteiger partial charge in [0.1, 0.15) is 0 Å². The van der Waals surface area contributed by atoms with Crippen molar-refractivity contribution in [2.24, 2.45) is 11.8 Å². The zero-order chi connectivity index (χ0) is 9.81. The van der Waals surface area contributed by atoms with Gasteiger partial charge in [-0.1, -0.05) is 0 Å². The van der Waals surface area contributed by atoms with Crippen molar-refractivity contribution in [3.8, 4) is 0 Å². The lowest BCUT2D eigenvalue weighted by molar-refractivity contribution is -0.423. The predicted molar refractivity (Wildman–Crippen MR) is 50.6 cm³/mol. The third-order valence-corrected chi connectivity index (χ3v) is 4.18. The fourth-order valence-electron chi connectivity index (χ4n) is 3.80. The van der Waals surface area contributed by atoms with E-state index in [1.807, 2.05) is 0 Å². The average Bonchev–Trinajstić information content (AvgIpc) is 2.16. The van der Waals surface area contributed by atoms with Crippen LogP contribution in [-0.4, -0.2) is 25.8 Å². The van der Waals surface area contributed by atoms with Crippen molar-refractivity contribution in [2.75, 3.05) is 14.2 Å². The van der Waals surface area contributed by atoms with Gasteiger partial charge in [-0.25, -0.2) is 0 Å². The second kappa shape index (κ2) is 2.71. The molecule has 2 heterocycles. The molecule has 0 aromatic heterocycles. The normalized spacial score (nSPS) is 55.3. The molecule has 0 N–H and O–H groups in total. The summed E-state index contributed by atoms with van der Waals surface area (Å²) in [5, 5.41) is 0. The first-order valence-corrected chi connectivity index (χ1v) is 5.50. The molecule has 2 aliphatic heterocycles. The maximum atomic E-state index is 6.05. The summed E-state index contributed by atoms with van der Waals surface area (Å²) < 4.78 is 17.2. The molecule has 2 saturated heterocycles. The van der Waals surface area contributed by atoms with E-state index in [2.05, 4.69) is 0 Å². The van der Waals surface area contributed by atoms with Gasteiger partial charge in [-0.2, -0.15) is 0 Å². The standard InChI is InChI=1S/C11H18O3/c1-12-10-4-8-3-9(5-10)7-11(6-8,13-2)14-10/h8-9H,3-7H2,1-2H3. The first-order chi connectivity index (χ1) is 6.69. The predicted octanol–water partition coefficient (Wildman–Crippen LogP) is 1.91. The summed E-state index contributed by atoms with van der Waals surface area (Å²) in [6, 6.07) is 0. The van der Waals surface area contributed by atoms with E-state index in [1.165, 1.54) is 6.42 Å². The highest BCUT2D eigenvalue weighted by Crippen LogP contribution is 2.57. The van der Waals surface area contributed by atoms with Gasteiger partial charge in [-0.15, -0.1) is 0 Å². The van der Waals surface area contributed by atoms with E-state index >= 15 is 0 Å². The van der Waals surface area contributed by atoms with Crippen LogP contribution >= 0.6 is 0 Å². The summed E-state index contributed by atoms with van der Waals surface area (Å²) in [5.41, 5.74) is 0. The van der Waals surface area contributed by atoms with Gasteiger partial charge in [-0.05, 0) is 18.3 Å². The Hall–Kier alpha value is -0.120. The largest absolute Gasteiger partial charge is 0.353 e. The van der Waals surface area contributed by atoms with Crippen LogP contribution in [0.4, 0.5) is 0 Å². The van der Waals surface area contributed by atoms with E-state index in [-0.39, 0.29) is 11.6 Å². The number of ether oxygens (including phenoxy) is 3. The smallest absolute Gasteiger partial charge is 0.171 e. The van der Waals surface area contributed by atoms with E-state index in [4.69, 9.17) is 14.2 Å². The van der Waals surface area contributed by atoms with Gasteiger partial charge >= 0.3 is 0 Å². The minimum atomic E-state index is -0.319. The molecule has 0 aromatic carbocycles. The van der Waals surface area contributed by atoms with Crippen molar-refractivity contribution in [2.45, 2.75) is 43.7 Å². The van der Waals surface area contributed by atoms with Crippen LogP contribution in [0.15, 0.2) is 0 Å². The molecule has 4 bridgehead atoms. The molecule has 4 rings (SSSR count). The Labute approximate surface area is 84.7 Å². The van der Waals surface area contributed by atoms with Gasteiger partial charge in [0.25, 0.3) is 0 Å². The van der Waals surface area contributed by atoms with Crippen molar-refractivity contribution in [1.82, 2.24) is 0 Å². The van der Waals surface area contributed by atoms with Crippen molar-refractivity contribution >= 4 is 0 Å². The molecular weight excluding hydrogens is 180 g/mol. The Balaban J connectivity index is 1.94. The van der Waals surface area contributed by atoms with Crippen LogP contribution in [0.25, 0.3) is 0 Å². The van der Waals surface area contributed by atoms with Crippen LogP contribution in [-0.2, 0) is 14.2 Å². The Kier molecular flexibility index (Phi) is 1.77. The van der Waals surface area contributed by atoms with Gasteiger partial charge in [0, 0.05) is 39.9 Å². The Morgan fingerprint density at radius 3 is 1.71 bits per heavy atom. The SMILES string of the molecule is COC12CC3CC(C1)CC(OC)(C3)O2. The van der Waals surface area contributed by atoms with Gasteiger partial charge in [-0.3, -0.25) is 0 Å². The zero-order valence-electron chi connectivity index (χ0n) is 8.91. The molecule has 2 saturated carbocycles. The molecule has 0 unspecified atom stereocenters. The van der Waals surface area contributed by atoms with Crippen LogP contribution in [0, 0.1) is 11.8 Å². The van der Waals surface area contributed by atoms with Crippen LogP contribution in [0.2, 0.25) is 0 Å². The molecule has 0 atom stereocenters. The molecule has 2 aliphatic carbocycles. The minimum absolute atomic E-state index is 0.319. The number of hydrogen-bond acceptors (Lipinski definition) is 3. The van der Waals surface area contributed by atoms with Crippen LogP contribution < -0.4 is 0 Å². The summed E-state index contributed by atoms with van der Waals surface area (Å²) in [6.45, 7) is 0. The van der Waals surface area contributed by atoms with Crippen LogP contribution in [0.5, 0.6) is 0 Å². The molecule has 0 aromatic rings. The van der Waals surface area contributed by atoms with E-state index in [9.17, 15) is 0 Å². The van der Waals surface area contributed by atoms with E-state index < -0.39 is 0 Å². The molecule has 4 aliphatic rings. The second-order valence-electron chi connectivity index (χ2n) is 5.12. The van der Waals surface area contributed by atoms with Crippen molar-refractivity contribution in [3.63, 3.8) is 0 Å². The summed E-state index contributed by atoms with van der Waals surface area (Å²) >= 11 is 0. The Morgan fingerprint density at radius 1 is 0.929 bits per heavy atom. The summed E-state index contributed by atoms with van der Waals surface area (Å²) in [5.74, 6) is 0.854. The lowest BCUT2D eigenvalue weighted by Gasteiger charge is -2.59. The highest BCUT2D eigenvalue weighted by Gasteiger charge is 2.59. The lowest BCUT2D eigenvalue weighted by atomic mass is 9.64. The van der Waals surface area contributed by atoms with Crippen LogP contribution in [0.1, 0.15) is 32.1 Å². The molecule has 0 spiro atoms. The number of methoxy groups -OCH3 is 2. The van der Waals surface area contributed by atoms with Crippen molar-refractivity contribution < 1.29 is 14.2 Å². The molecular formula is C11H18O3. The topological polar surface area (TPSA) is 27.7 Å². The van der Waals surface area contributed by atoms with Gasteiger partial charge in [0.05, 0.1) is 0 Å². The van der Waals surface area contributed by atoms with Crippen LogP contribution in [0.3, 0.4) is 0 Å². The highest BCUT2D eigenvalue weighted by molar-refractivity contribution is 5.01. The van der Waals surface area contributed by atoms with Crippen molar-refractivity contribution in [1.29, 1.82) is 0 Å². The number of hydrogen-bond donors (Lipinski definition) is 0. The van der Waals surface area contributed by atoms with Crippen molar-refractivity contribution in [3.05, 3.63) is 0 Å². The third kappa shape index (κ3) is 1.09. The molecule has 3 heteroatoms. The fraction of sp³-hybridized carbons (Fsp3) is 1.00. The molecule has 4 fully saturated rings. The number of rotatable bonds is 2. The monoisotopic (exact) mass is 198 g/mol.